The molecule has 2 aromatic rings. The van der Waals surface area contributed by atoms with Crippen molar-refractivity contribution in [3.05, 3.63) is 69.1 Å². The van der Waals surface area contributed by atoms with Crippen LogP contribution in [0.25, 0.3) is 0 Å². The molecule has 2 N–H and O–H groups in total. The van der Waals surface area contributed by atoms with Gasteiger partial charge < -0.3 is 15.0 Å². The number of rotatable bonds is 7. The Morgan fingerprint density at radius 3 is 2.67 bits per heavy atom. The molecule has 0 saturated heterocycles. The number of unbranched alkanes of at least 4 members (excludes halogenated alkanes) is 1. The fourth-order valence-corrected chi connectivity index (χ4v) is 3.75. The largest absolute Gasteiger partial charge is 0.394 e. The number of carbonyl (C=O) groups excluding carboxylic acids is 1. The number of carbonyl (C=O) groups is 1. The number of benzene rings is 1. The van der Waals surface area contributed by atoms with Crippen molar-refractivity contribution in [3.8, 4) is 0 Å². The molecule has 5 nitrogen and oxygen atoms in total. The van der Waals surface area contributed by atoms with Gasteiger partial charge in [-0.1, -0.05) is 43.7 Å². The zero-order valence-corrected chi connectivity index (χ0v) is 15.9. The summed E-state index contributed by atoms with van der Waals surface area (Å²) in [4.78, 5) is 25.9. The molecular weight excluding hydrogens is 340 g/mol. The van der Waals surface area contributed by atoms with Crippen LogP contribution in [0.4, 0.5) is 0 Å². The molecule has 27 heavy (non-hydrogen) atoms. The Bertz CT molecular complexity index is 843. The maximum atomic E-state index is 13.0. The van der Waals surface area contributed by atoms with Crippen molar-refractivity contribution in [2.75, 3.05) is 6.61 Å². The molecule has 5 heteroatoms. The highest BCUT2D eigenvalue weighted by molar-refractivity contribution is 5.94. The van der Waals surface area contributed by atoms with Gasteiger partial charge >= 0.3 is 0 Å². The number of aliphatic hydroxyl groups is 1. The molecule has 0 bridgehead atoms. The van der Waals surface area contributed by atoms with Crippen LogP contribution in [0.1, 0.15) is 65.8 Å². The lowest BCUT2D eigenvalue weighted by atomic mass is 9.94. The van der Waals surface area contributed by atoms with Crippen molar-refractivity contribution in [1.82, 2.24) is 9.88 Å². The Balaban J connectivity index is 1.93. The molecule has 0 spiro atoms. The maximum Gasteiger partial charge on any atom is 0.263 e. The van der Waals surface area contributed by atoms with E-state index in [9.17, 15) is 14.7 Å². The maximum absolute atomic E-state index is 13.0. The summed E-state index contributed by atoms with van der Waals surface area (Å²) >= 11 is 0. The number of hydrogen-bond donors (Lipinski definition) is 2. The van der Waals surface area contributed by atoms with Crippen LogP contribution in [0.2, 0.25) is 0 Å². The molecule has 1 aliphatic rings. The smallest absolute Gasteiger partial charge is 0.263 e. The van der Waals surface area contributed by atoms with Crippen LogP contribution in [-0.2, 0) is 19.4 Å². The molecule has 0 saturated carbocycles. The summed E-state index contributed by atoms with van der Waals surface area (Å²) in [6, 6.07) is 10.6. The van der Waals surface area contributed by atoms with Crippen LogP contribution in [0, 0.1) is 0 Å². The number of aromatic nitrogens is 1. The quantitative estimate of drug-likeness (QED) is 0.789. The first-order valence-electron chi connectivity index (χ1n) is 9.88. The van der Waals surface area contributed by atoms with Crippen molar-refractivity contribution >= 4 is 5.91 Å². The topological polar surface area (TPSA) is 71.3 Å². The molecule has 0 fully saturated rings. The van der Waals surface area contributed by atoms with Crippen molar-refractivity contribution < 1.29 is 9.90 Å². The lowest BCUT2D eigenvalue weighted by molar-refractivity contribution is 0.0913. The Kier molecular flexibility index (Phi) is 6.45. The average molecular weight is 368 g/mol. The molecule has 1 aliphatic carbocycles. The standard InChI is InChI=1S/C22H28N2O3/c1-2-3-13-24-20-12-8-7-11-17(20)14-18(22(24)27)21(26)23-19(15-25)16-9-5-4-6-10-16/h4-6,9-10,14,19,25H,2-3,7-8,11-13,15H2,1H3,(H,23,26). The van der Waals surface area contributed by atoms with Crippen molar-refractivity contribution in [2.24, 2.45) is 0 Å². The molecule has 1 unspecified atom stereocenters. The molecule has 144 valence electrons. The molecular formula is C22H28N2O3. The number of nitrogens with one attached hydrogen (secondary N) is 1. The number of aryl methyl sites for hydroxylation is 1. The monoisotopic (exact) mass is 368 g/mol. The Morgan fingerprint density at radius 2 is 1.96 bits per heavy atom. The van der Waals surface area contributed by atoms with E-state index in [2.05, 4.69) is 12.2 Å². The van der Waals surface area contributed by atoms with E-state index in [4.69, 9.17) is 0 Å². The van der Waals surface area contributed by atoms with E-state index in [1.165, 1.54) is 0 Å². The summed E-state index contributed by atoms with van der Waals surface area (Å²) in [6.45, 7) is 2.53. The van der Waals surface area contributed by atoms with Gasteiger partial charge in [0.05, 0.1) is 12.6 Å². The zero-order valence-electron chi connectivity index (χ0n) is 15.9. The van der Waals surface area contributed by atoms with Crippen molar-refractivity contribution in [2.45, 2.75) is 58.0 Å². The molecule has 1 heterocycles. The van der Waals surface area contributed by atoms with Gasteiger partial charge in [0.1, 0.15) is 5.56 Å². The van der Waals surface area contributed by atoms with Crippen molar-refractivity contribution in [1.29, 1.82) is 0 Å². The number of fused-ring (bicyclic) bond motifs is 1. The molecule has 1 atom stereocenters. The predicted molar refractivity (Wildman–Crippen MR) is 106 cm³/mol. The van der Waals surface area contributed by atoms with E-state index >= 15 is 0 Å². The van der Waals surface area contributed by atoms with Crippen LogP contribution < -0.4 is 10.9 Å². The minimum Gasteiger partial charge on any atom is -0.394 e. The number of amides is 1. The molecule has 1 amide bonds. The molecule has 3 rings (SSSR count). The Labute approximate surface area is 160 Å². The first kappa shape index (κ1) is 19.4. The predicted octanol–water partition coefficient (Wildman–Crippen LogP) is 2.99. The number of hydrogen-bond acceptors (Lipinski definition) is 3. The van der Waals surface area contributed by atoms with Gasteiger partial charge in [-0.05, 0) is 49.3 Å². The lowest BCUT2D eigenvalue weighted by Crippen LogP contribution is -2.38. The fourth-order valence-electron chi connectivity index (χ4n) is 3.75. The number of pyridine rings is 1. The van der Waals surface area contributed by atoms with E-state index < -0.39 is 11.9 Å². The van der Waals surface area contributed by atoms with Gasteiger partial charge in [0.25, 0.3) is 11.5 Å². The summed E-state index contributed by atoms with van der Waals surface area (Å²) in [5.74, 6) is -0.415. The highest BCUT2D eigenvalue weighted by Crippen LogP contribution is 2.22. The van der Waals surface area contributed by atoms with Crippen LogP contribution in [0.15, 0.2) is 41.2 Å². The summed E-state index contributed by atoms with van der Waals surface area (Å²) in [5, 5.41) is 12.5. The zero-order chi connectivity index (χ0) is 19.2. The Morgan fingerprint density at radius 1 is 1.22 bits per heavy atom. The second-order valence-corrected chi connectivity index (χ2v) is 7.17. The van der Waals surface area contributed by atoms with E-state index in [0.717, 1.165) is 55.3 Å². The summed E-state index contributed by atoms with van der Waals surface area (Å²) in [7, 11) is 0. The van der Waals surface area contributed by atoms with Gasteiger partial charge in [-0.3, -0.25) is 9.59 Å². The number of nitrogens with zero attached hydrogens (tertiary/aromatic N) is 1. The van der Waals surface area contributed by atoms with Crippen LogP contribution in [0.5, 0.6) is 0 Å². The van der Waals surface area contributed by atoms with Crippen LogP contribution in [-0.4, -0.2) is 22.2 Å². The number of aliphatic hydroxyl groups excluding tert-OH is 1. The summed E-state index contributed by atoms with van der Waals surface area (Å²) < 4.78 is 1.81. The van der Waals surface area contributed by atoms with E-state index in [1.54, 1.807) is 6.07 Å². The first-order chi connectivity index (χ1) is 13.2. The van der Waals surface area contributed by atoms with Gasteiger partial charge in [0, 0.05) is 12.2 Å². The SMILES string of the molecule is CCCCn1c2c(cc(C(=O)NC(CO)c3ccccc3)c1=O)CCCC2. The highest BCUT2D eigenvalue weighted by atomic mass is 16.3. The molecule has 1 aromatic carbocycles. The van der Waals surface area contributed by atoms with Gasteiger partial charge in [0.15, 0.2) is 0 Å². The van der Waals surface area contributed by atoms with Crippen LogP contribution in [0.3, 0.4) is 0 Å². The minimum absolute atomic E-state index is 0.182. The highest BCUT2D eigenvalue weighted by Gasteiger charge is 2.23. The second-order valence-electron chi connectivity index (χ2n) is 7.17. The fraction of sp³-hybridized carbons (Fsp3) is 0.455. The average Bonchev–Trinajstić information content (AvgIpc) is 2.71. The molecule has 0 radical (unpaired) electrons. The van der Waals surface area contributed by atoms with E-state index in [1.807, 2.05) is 34.9 Å². The minimum atomic E-state index is -0.529. The second kappa shape index (κ2) is 9.00. The lowest BCUT2D eigenvalue weighted by Gasteiger charge is -2.23. The van der Waals surface area contributed by atoms with E-state index in [0.29, 0.717) is 6.54 Å². The summed E-state index contributed by atoms with van der Waals surface area (Å²) in [6.07, 6.45) is 5.90. The summed E-state index contributed by atoms with van der Waals surface area (Å²) in [5.41, 5.74) is 2.99. The normalized spacial score (nSPS) is 14.4. The first-order valence-corrected chi connectivity index (χ1v) is 9.88. The van der Waals surface area contributed by atoms with Crippen molar-refractivity contribution in [3.63, 3.8) is 0 Å². The third-order valence-electron chi connectivity index (χ3n) is 5.27. The Hall–Kier alpha value is -2.40. The third kappa shape index (κ3) is 4.30. The molecule has 0 aliphatic heterocycles. The van der Waals surface area contributed by atoms with Gasteiger partial charge in [-0.25, -0.2) is 0 Å². The van der Waals surface area contributed by atoms with Gasteiger partial charge in [-0.2, -0.15) is 0 Å². The third-order valence-corrected chi connectivity index (χ3v) is 5.27. The van der Waals surface area contributed by atoms with E-state index in [-0.39, 0.29) is 17.7 Å². The molecule has 1 aromatic heterocycles. The van der Waals surface area contributed by atoms with Crippen LogP contribution >= 0.6 is 0 Å². The van der Waals surface area contributed by atoms with Gasteiger partial charge in [-0.15, -0.1) is 0 Å². The van der Waals surface area contributed by atoms with Gasteiger partial charge in [0.2, 0.25) is 0 Å².